The van der Waals surface area contributed by atoms with E-state index in [1.807, 2.05) is 48.2 Å². The van der Waals surface area contributed by atoms with Gasteiger partial charge < -0.3 is 0 Å². The summed E-state index contributed by atoms with van der Waals surface area (Å²) in [6.07, 6.45) is 1.15. The standard InChI is InChI=1S/C15H17ClN2S/c1-3-11(2)19-10-15-17-13(9-14(16)18-15)12-7-5-4-6-8-12/h4-9,11H,3,10H2,1-2H3. The number of halogens is 1. The van der Waals surface area contributed by atoms with Crippen molar-refractivity contribution in [2.45, 2.75) is 31.3 Å². The first-order valence-electron chi connectivity index (χ1n) is 6.39. The Hall–Kier alpha value is -1.06. The molecule has 1 unspecified atom stereocenters. The van der Waals surface area contributed by atoms with Crippen LogP contribution in [0.2, 0.25) is 5.15 Å². The van der Waals surface area contributed by atoms with E-state index in [0.717, 1.165) is 29.3 Å². The van der Waals surface area contributed by atoms with Crippen molar-refractivity contribution in [2.75, 3.05) is 0 Å². The van der Waals surface area contributed by atoms with Crippen LogP contribution in [0.4, 0.5) is 0 Å². The van der Waals surface area contributed by atoms with Crippen LogP contribution < -0.4 is 0 Å². The monoisotopic (exact) mass is 292 g/mol. The van der Waals surface area contributed by atoms with Gasteiger partial charge in [0.2, 0.25) is 0 Å². The minimum atomic E-state index is 0.508. The molecule has 1 heterocycles. The number of benzene rings is 1. The van der Waals surface area contributed by atoms with Crippen molar-refractivity contribution in [1.29, 1.82) is 0 Å². The van der Waals surface area contributed by atoms with Crippen LogP contribution in [0.3, 0.4) is 0 Å². The summed E-state index contributed by atoms with van der Waals surface area (Å²) in [5.41, 5.74) is 1.96. The fraction of sp³-hybridized carbons (Fsp3) is 0.333. The van der Waals surface area contributed by atoms with Gasteiger partial charge in [-0.25, -0.2) is 9.97 Å². The van der Waals surface area contributed by atoms with Crippen LogP contribution >= 0.6 is 23.4 Å². The first kappa shape index (κ1) is 14.4. The van der Waals surface area contributed by atoms with Gasteiger partial charge in [-0.15, -0.1) is 0 Å². The summed E-state index contributed by atoms with van der Waals surface area (Å²) in [6.45, 7) is 4.40. The average molecular weight is 293 g/mol. The molecule has 0 fully saturated rings. The quantitative estimate of drug-likeness (QED) is 0.738. The molecular weight excluding hydrogens is 276 g/mol. The highest BCUT2D eigenvalue weighted by Gasteiger charge is 2.07. The fourth-order valence-corrected chi connectivity index (χ4v) is 2.62. The number of nitrogens with zero attached hydrogens (tertiary/aromatic N) is 2. The molecule has 0 radical (unpaired) electrons. The Labute approximate surface area is 123 Å². The Morgan fingerprint density at radius 3 is 2.63 bits per heavy atom. The van der Waals surface area contributed by atoms with Gasteiger partial charge >= 0.3 is 0 Å². The fourth-order valence-electron chi connectivity index (χ4n) is 1.62. The summed E-state index contributed by atoms with van der Waals surface area (Å²) in [7, 11) is 0. The van der Waals surface area contributed by atoms with E-state index in [2.05, 4.69) is 23.8 Å². The van der Waals surface area contributed by atoms with E-state index in [1.54, 1.807) is 0 Å². The highest BCUT2D eigenvalue weighted by molar-refractivity contribution is 7.99. The maximum Gasteiger partial charge on any atom is 0.140 e. The van der Waals surface area contributed by atoms with Crippen LogP contribution in [-0.2, 0) is 5.75 Å². The maximum absolute atomic E-state index is 6.09. The number of aromatic nitrogens is 2. The number of hydrogen-bond acceptors (Lipinski definition) is 3. The molecular formula is C15H17ClN2S. The zero-order valence-electron chi connectivity index (χ0n) is 11.1. The molecule has 19 heavy (non-hydrogen) atoms. The molecule has 0 aliphatic rings. The molecule has 1 atom stereocenters. The van der Waals surface area contributed by atoms with E-state index in [4.69, 9.17) is 11.6 Å². The molecule has 100 valence electrons. The summed E-state index contributed by atoms with van der Waals surface area (Å²) >= 11 is 7.95. The average Bonchev–Trinajstić information content (AvgIpc) is 2.45. The van der Waals surface area contributed by atoms with E-state index >= 15 is 0 Å². The molecule has 0 bridgehead atoms. The highest BCUT2D eigenvalue weighted by Crippen LogP contribution is 2.23. The molecule has 4 heteroatoms. The van der Waals surface area contributed by atoms with E-state index < -0.39 is 0 Å². The second kappa shape index (κ2) is 6.92. The lowest BCUT2D eigenvalue weighted by molar-refractivity contribution is 0.901. The highest BCUT2D eigenvalue weighted by atomic mass is 35.5. The largest absolute Gasteiger partial charge is 0.232 e. The van der Waals surface area contributed by atoms with Crippen LogP contribution in [0, 0.1) is 0 Å². The molecule has 0 N–H and O–H groups in total. The van der Waals surface area contributed by atoms with Crippen molar-refractivity contribution < 1.29 is 0 Å². The lowest BCUT2D eigenvalue weighted by Crippen LogP contribution is -1.99. The van der Waals surface area contributed by atoms with Crippen LogP contribution in [0.1, 0.15) is 26.1 Å². The number of thioether (sulfide) groups is 1. The lowest BCUT2D eigenvalue weighted by atomic mass is 10.1. The second-order valence-corrected chi connectivity index (χ2v) is 6.20. The molecule has 0 saturated carbocycles. The SMILES string of the molecule is CCC(C)SCc1nc(Cl)cc(-c2ccccc2)n1. The molecule has 0 spiro atoms. The molecule has 0 amide bonds. The molecule has 0 aliphatic heterocycles. The maximum atomic E-state index is 6.09. The smallest absolute Gasteiger partial charge is 0.140 e. The van der Waals surface area contributed by atoms with E-state index in [0.29, 0.717) is 10.4 Å². The normalized spacial score (nSPS) is 12.4. The molecule has 0 aliphatic carbocycles. The first-order valence-corrected chi connectivity index (χ1v) is 7.82. The van der Waals surface area contributed by atoms with Gasteiger partial charge in [-0.2, -0.15) is 11.8 Å². The Morgan fingerprint density at radius 1 is 1.21 bits per heavy atom. The zero-order valence-corrected chi connectivity index (χ0v) is 12.7. The van der Waals surface area contributed by atoms with Crippen molar-refractivity contribution in [2.24, 2.45) is 0 Å². The second-order valence-electron chi connectivity index (χ2n) is 4.39. The van der Waals surface area contributed by atoms with Gasteiger partial charge in [0, 0.05) is 16.9 Å². The molecule has 2 aromatic rings. The summed E-state index contributed by atoms with van der Waals surface area (Å²) in [5.74, 6) is 1.60. The number of hydrogen-bond donors (Lipinski definition) is 0. The van der Waals surface area contributed by atoms with E-state index in [-0.39, 0.29) is 0 Å². The summed E-state index contributed by atoms with van der Waals surface area (Å²) in [5, 5.41) is 1.12. The van der Waals surface area contributed by atoms with Crippen molar-refractivity contribution in [3.63, 3.8) is 0 Å². The van der Waals surface area contributed by atoms with Gasteiger partial charge in [-0.3, -0.25) is 0 Å². The van der Waals surface area contributed by atoms with Crippen LogP contribution in [0.5, 0.6) is 0 Å². The van der Waals surface area contributed by atoms with Gasteiger partial charge in [0.1, 0.15) is 11.0 Å². The van der Waals surface area contributed by atoms with E-state index in [9.17, 15) is 0 Å². The predicted molar refractivity (Wildman–Crippen MR) is 83.5 cm³/mol. The molecule has 1 aromatic carbocycles. The molecule has 2 nitrogen and oxygen atoms in total. The van der Waals surface area contributed by atoms with Crippen molar-refractivity contribution in [3.8, 4) is 11.3 Å². The predicted octanol–water partition coefficient (Wildman–Crippen LogP) is 4.83. The summed E-state index contributed by atoms with van der Waals surface area (Å²) in [4.78, 5) is 8.89. The third-order valence-corrected chi connectivity index (χ3v) is 4.40. The molecule has 0 saturated heterocycles. The van der Waals surface area contributed by atoms with Crippen LogP contribution in [0.15, 0.2) is 36.4 Å². The van der Waals surface area contributed by atoms with Gasteiger partial charge in [0.25, 0.3) is 0 Å². The summed E-state index contributed by atoms with van der Waals surface area (Å²) < 4.78 is 0. The topological polar surface area (TPSA) is 25.8 Å². The van der Waals surface area contributed by atoms with Gasteiger partial charge in [0.15, 0.2) is 0 Å². The Balaban J connectivity index is 2.20. The van der Waals surface area contributed by atoms with Crippen molar-refractivity contribution in [3.05, 3.63) is 47.4 Å². The Bertz CT molecular complexity index is 531. The lowest BCUT2D eigenvalue weighted by Gasteiger charge is -2.08. The first-order chi connectivity index (χ1) is 9.19. The van der Waals surface area contributed by atoms with E-state index in [1.165, 1.54) is 0 Å². The minimum Gasteiger partial charge on any atom is -0.232 e. The number of rotatable bonds is 5. The Morgan fingerprint density at radius 2 is 1.95 bits per heavy atom. The van der Waals surface area contributed by atoms with Crippen molar-refractivity contribution >= 4 is 23.4 Å². The van der Waals surface area contributed by atoms with Crippen molar-refractivity contribution in [1.82, 2.24) is 9.97 Å². The zero-order chi connectivity index (χ0) is 13.7. The minimum absolute atomic E-state index is 0.508. The van der Waals surface area contributed by atoms with Gasteiger partial charge in [-0.1, -0.05) is 55.8 Å². The van der Waals surface area contributed by atoms with Gasteiger partial charge in [-0.05, 0) is 6.42 Å². The molecule has 1 aromatic heterocycles. The third kappa shape index (κ3) is 4.22. The molecule has 2 rings (SSSR count). The van der Waals surface area contributed by atoms with Gasteiger partial charge in [0.05, 0.1) is 11.4 Å². The van der Waals surface area contributed by atoms with Crippen LogP contribution in [0.25, 0.3) is 11.3 Å². The van der Waals surface area contributed by atoms with Crippen LogP contribution in [-0.4, -0.2) is 15.2 Å². The third-order valence-electron chi connectivity index (χ3n) is 2.88. The Kier molecular flexibility index (Phi) is 5.23. The summed E-state index contributed by atoms with van der Waals surface area (Å²) in [6, 6.07) is 11.9.